The zero-order valence-corrected chi connectivity index (χ0v) is 11.9. The highest BCUT2D eigenvalue weighted by Crippen LogP contribution is 2.16. The van der Waals surface area contributed by atoms with Crippen molar-refractivity contribution in [3.63, 3.8) is 0 Å². The molecule has 1 heterocycles. The Kier molecular flexibility index (Phi) is 6.49. The van der Waals surface area contributed by atoms with Crippen molar-refractivity contribution in [2.45, 2.75) is 32.7 Å². The van der Waals surface area contributed by atoms with Gasteiger partial charge in [0.1, 0.15) is 6.54 Å². The first-order valence-corrected chi connectivity index (χ1v) is 7.55. The summed E-state index contributed by atoms with van der Waals surface area (Å²) in [6.45, 7) is 4.51. The van der Waals surface area contributed by atoms with E-state index < -0.39 is 0 Å². The number of thioether (sulfide) groups is 1. The minimum Gasteiger partial charge on any atom is -0.395 e. The molecule has 0 spiro atoms. The topological polar surface area (TPSA) is 60.9 Å². The van der Waals surface area contributed by atoms with Crippen molar-refractivity contribution in [1.29, 1.82) is 0 Å². The molecule has 0 aliphatic carbocycles. The van der Waals surface area contributed by atoms with E-state index in [2.05, 4.69) is 0 Å². The second kappa shape index (κ2) is 7.63. The highest BCUT2D eigenvalue weighted by molar-refractivity contribution is 8.00. The lowest BCUT2D eigenvalue weighted by molar-refractivity contribution is -0.140. The molecule has 1 aliphatic heterocycles. The number of hydrogen-bond donors (Lipinski definition) is 1. The molecular weight excluding hydrogens is 252 g/mol. The van der Waals surface area contributed by atoms with Crippen LogP contribution in [0.4, 0.5) is 0 Å². The van der Waals surface area contributed by atoms with Crippen molar-refractivity contribution < 1.29 is 14.7 Å². The van der Waals surface area contributed by atoms with E-state index in [0.717, 1.165) is 12.8 Å². The van der Waals surface area contributed by atoms with Crippen LogP contribution in [0, 0.1) is 0 Å². The number of aliphatic hydroxyl groups excluding tert-OH is 1. The fraction of sp³-hybridized carbons (Fsp3) is 0.833. The Hall–Kier alpha value is -0.750. The Morgan fingerprint density at radius 1 is 1.50 bits per heavy atom. The average Bonchev–Trinajstić information content (AvgIpc) is 2.75. The number of aliphatic hydroxyl groups is 1. The number of hydrogen-bond acceptors (Lipinski definition) is 4. The van der Waals surface area contributed by atoms with Gasteiger partial charge in [0, 0.05) is 12.6 Å². The largest absolute Gasteiger partial charge is 0.395 e. The molecule has 0 aromatic heterocycles. The maximum atomic E-state index is 12.2. The zero-order chi connectivity index (χ0) is 13.5. The van der Waals surface area contributed by atoms with Crippen molar-refractivity contribution in [2.24, 2.45) is 0 Å². The first-order valence-electron chi connectivity index (χ1n) is 6.39. The highest BCUT2D eigenvalue weighted by Gasteiger charge is 2.27. The van der Waals surface area contributed by atoms with Crippen LogP contribution in [-0.2, 0) is 9.59 Å². The molecule has 0 atom stereocenters. The molecule has 1 saturated heterocycles. The second-order valence-electron chi connectivity index (χ2n) is 4.35. The van der Waals surface area contributed by atoms with Crippen LogP contribution < -0.4 is 0 Å². The van der Waals surface area contributed by atoms with Gasteiger partial charge in [0.05, 0.1) is 18.2 Å². The SMILES string of the molecule is CCC(CC)N(CCO)C(=O)CN1CSCC1=O. The predicted octanol–water partition coefficient (Wildman–Crippen LogP) is 0.529. The van der Waals surface area contributed by atoms with Gasteiger partial charge >= 0.3 is 0 Å². The summed E-state index contributed by atoms with van der Waals surface area (Å²) in [7, 11) is 0. The maximum absolute atomic E-state index is 12.2. The third-order valence-electron chi connectivity index (χ3n) is 3.20. The summed E-state index contributed by atoms with van der Waals surface area (Å²) >= 11 is 1.53. The molecule has 1 N–H and O–H groups in total. The molecule has 1 fully saturated rings. The lowest BCUT2D eigenvalue weighted by Gasteiger charge is -2.31. The number of carbonyl (C=O) groups is 2. The Labute approximate surface area is 113 Å². The van der Waals surface area contributed by atoms with Gasteiger partial charge in [-0.25, -0.2) is 0 Å². The van der Waals surface area contributed by atoms with Gasteiger partial charge in [-0.1, -0.05) is 13.8 Å². The third-order valence-corrected chi connectivity index (χ3v) is 4.14. The molecule has 0 unspecified atom stereocenters. The Morgan fingerprint density at radius 2 is 2.17 bits per heavy atom. The van der Waals surface area contributed by atoms with Gasteiger partial charge in [0.15, 0.2) is 0 Å². The molecule has 2 amide bonds. The van der Waals surface area contributed by atoms with Crippen molar-refractivity contribution in [3.8, 4) is 0 Å². The fourth-order valence-corrected chi connectivity index (χ4v) is 3.05. The van der Waals surface area contributed by atoms with Gasteiger partial charge in [-0.05, 0) is 12.8 Å². The first kappa shape index (κ1) is 15.3. The van der Waals surface area contributed by atoms with E-state index in [1.165, 1.54) is 11.8 Å². The highest BCUT2D eigenvalue weighted by atomic mass is 32.2. The molecule has 0 aromatic carbocycles. The molecule has 18 heavy (non-hydrogen) atoms. The lowest BCUT2D eigenvalue weighted by atomic mass is 10.1. The number of nitrogens with zero attached hydrogens (tertiary/aromatic N) is 2. The summed E-state index contributed by atoms with van der Waals surface area (Å²) < 4.78 is 0. The molecule has 0 saturated carbocycles. The van der Waals surface area contributed by atoms with Crippen LogP contribution in [0.1, 0.15) is 26.7 Å². The molecule has 0 aromatic rings. The van der Waals surface area contributed by atoms with Gasteiger partial charge in [-0.15, -0.1) is 11.8 Å². The van der Waals surface area contributed by atoms with Crippen LogP contribution >= 0.6 is 11.8 Å². The normalized spacial score (nSPS) is 15.6. The van der Waals surface area contributed by atoms with E-state index in [4.69, 9.17) is 5.11 Å². The maximum Gasteiger partial charge on any atom is 0.242 e. The zero-order valence-electron chi connectivity index (χ0n) is 11.1. The van der Waals surface area contributed by atoms with E-state index in [9.17, 15) is 9.59 Å². The summed E-state index contributed by atoms with van der Waals surface area (Å²) in [5, 5.41) is 9.06. The number of amides is 2. The van der Waals surface area contributed by atoms with E-state index in [1.54, 1.807) is 9.80 Å². The third kappa shape index (κ3) is 3.88. The van der Waals surface area contributed by atoms with Crippen LogP contribution in [-0.4, -0.2) is 64.1 Å². The Balaban J connectivity index is 2.61. The van der Waals surface area contributed by atoms with Crippen molar-refractivity contribution in [2.75, 3.05) is 31.3 Å². The van der Waals surface area contributed by atoms with Crippen molar-refractivity contribution in [1.82, 2.24) is 9.80 Å². The lowest BCUT2D eigenvalue weighted by Crippen LogP contribution is -2.47. The summed E-state index contributed by atoms with van der Waals surface area (Å²) in [6.07, 6.45) is 1.73. The number of rotatable bonds is 7. The van der Waals surface area contributed by atoms with E-state index in [-0.39, 0.29) is 31.0 Å². The van der Waals surface area contributed by atoms with E-state index >= 15 is 0 Å². The van der Waals surface area contributed by atoms with Gasteiger partial charge in [0.2, 0.25) is 11.8 Å². The Bertz CT molecular complexity index is 295. The number of carbonyl (C=O) groups excluding carboxylic acids is 2. The molecule has 0 bridgehead atoms. The van der Waals surface area contributed by atoms with Crippen LogP contribution in [0.15, 0.2) is 0 Å². The molecule has 1 rings (SSSR count). The Morgan fingerprint density at radius 3 is 2.61 bits per heavy atom. The van der Waals surface area contributed by atoms with Gasteiger partial charge < -0.3 is 14.9 Å². The summed E-state index contributed by atoms with van der Waals surface area (Å²) in [5.74, 6) is 1.04. The van der Waals surface area contributed by atoms with Gasteiger partial charge in [0.25, 0.3) is 0 Å². The minimum atomic E-state index is -0.0615. The second-order valence-corrected chi connectivity index (χ2v) is 5.31. The standard InChI is InChI=1S/C12H22N2O3S/c1-3-10(4-2)14(5-6-15)11(16)7-13-9-18-8-12(13)17/h10,15H,3-9H2,1-2H3. The fourth-order valence-electron chi connectivity index (χ4n) is 2.14. The van der Waals surface area contributed by atoms with Gasteiger partial charge in [-0.3, -0.25) is 9.59 Å². The van der Waals surface area contributed by atoms with Crippen LogP contribution in [0.2, 0.25) is 0 Å². The molecule has 6 heteroatoms. The van der Waals surface area contributed by atoms with Crippen LogP contribution in [0.5, 0.6) is 0 Å². The van der Waals surface area contributed by atoms with E-state index in [1.807, 2.05) is 13.8 Å². The van der Waals surface area contributed by atoms with Crippen LogP contribution in [0.25, 0.3) is 0 Å². The molecule has 1 aliphatic rings. The summed E-state index contributed by atoms with van der Waals surface area (Å²) in [5.41, 5.74) is 0. The molecule has 104 valence electrons. The first-order chi connectivity index (χ1) is 8.63. The van der Waals surface area contributed by atoms with Gasteiger partial charge in [-0.2, -0.15) is 0 Å². The minimum absolute atomic E-state index is 0.0295. The quantitative estimate of drug-likeness (QED) is 0.735. The summed E-state index contributed by atoms with van der Waals surface area (Å²) in [4.78, 5) is 27.0. The van der Waals surface area contributed by atoms with Crippen molar-refractivity contribution in [3.05, 3.63) is 0 Å². The van der Waals surface area contributed by atoms with Crippen molar-refractivity contribution >= 4 is 23.6 Å². The molecular formula is C12H22N2O3S. The van der Waals surface area contributed by atoms with Crippen LogP contribution in [0.3, 0.4) is 0 Å². The monoisotopic (exact) mass is 274 g/mol. The summed E-state index contributed by atoms with van der Waals surface area (Å²) in [6, 6.07) is 0.148. The predicted molar refractivity (Wildman–Crippen MR) is 72.2 cm³/mol. The molecule has 5 nitrogen and oxygen atoms in total. The smallest absolute Gasteiger partial charge is 0.242 e. The average molecular weight is 274 g/mol. The molecule has 0 radical (unpaired) electrons. The van der Waals surface area contributed by atoms with E-state index in [0.29, 0.717) is 18.2 Å².